The molecule has 1 unspecified atom stereocenters. The first kappa shape index (κ1) is 13.5. The lowest BCUT2D eigenvalue weighted by molar-refractivity contribution is 0.236. The fraction of sp³-hybridized carbons (Fsp3) is 0.846. The van der Waals surface area contributed by atoms with Gasteiger partial charge in [-0.25, -0.2) is 0 Å². The molecule has 0 aromatic carbocycles. The number of hydrogen-bond acceptors (Lipinski definition) is 5. The van der Waals surface area contributed by atoms with E-state index in [2.05, 4.69) is 17.1 Å². The van der Waals surface area contributed by atoms with E-state index in [9.17, 15) is 0 Å². The van der Waals surface area contributed by atoms with Gasteiger partial charge < -0.3 is 15.4 Å². The van der Waals surface area contributed by atoms with Crippen molar-refractivity contribution in [2.24, 2.45) is 11.7 Å². The first-order valence-corrected chi connectivity index (χ1v) is 6.94. The molecule has 5 nitrogen and oxygen atoms in total. The zero-order chi connectivity index (χ0) is 13.0. The largest absolute Gasteiger partial charge is 0.394 e. The van der Waals surface area contributed by atoms with Crippen LogP contribution in [0.1, 0.15) is 69.1 Å². The summed E-state index contributed by atoms with van der Waals surface area (Å²) in [5, 5.41) is 13.0. The SMILES string of the molecule is CCCC1CCC(c2noc(C(N)CO)n2)CC1. The average Bonchev–Trinajstić information content (AvgIpc) is 2.89. The van der Waals surface area contributed by atoms with Crippen molar-refractivity contribution in [3.8, 4) is 0 Å². The van der Waals surface area contributed by atoms with E-state index in [1.165, 1.54) is 25.7 Å². The summed E-state index contributed by atoms with van der Waals surface area (Å²) in [5.41, 5.74) is 5.65. The monoisotopic (exact) mass is 253 g/mol. The Bertz CT molecular complexity index is 359. The molecule has 0 radical (unpaired) electrons. The van der Waals surface area contributed by atoms with Crippen LogP contribution in [0.15, 0.2) is 4.52 Å². The van der Waals surface area contributed by atoms with E-state index in [4.69, 9.17) is 15.4 Å². The molecule has 1 saturated carbocycles. The molecule has 102 valence electrons. The van der Waals surface area contributed by atoms with E-state index in [0.29, 0.717) is 11.8 Å². The van der Waals surface area contributed by atoms with Crippen molar-refractivity contribution in [2.45, 2.75) is 57.4 Å². The molecule has 1 aromatic heterocycles. The number of nitrogens with zero attached hydrogens (tertiary/aromatic N) is 2. The van der Waals surface area contributed by atoms with Gasteiger partial charge in [0.15, 0.2) is 5.82 Å². The molecule has 1 aliphatic rings. The highest BCUT2D eigenvalue weighted by molar-refractivity contribution is 4.99. The third-order valence-corrected chi connectivity index (χ3v) is 3.88. The Morgan fingerprint density at radius 1 is 1.39 bits per heavy atom. The Labute approximate surface area is 108 Å². The number of aromatic nitrogens is 2. The first-order valence-electron chi connectivity index (χ1n) is 6.94. The molecule has 1 aliphatic carbocycles. The maximum atomic E-state index is 8.95. The summed E-state index contributed by atoms with van der Waals surface area (Å²) in [5.74, 6) is 2.39. The maximum Gasteiger partial charge on any atom is 0.245 e. The molecule has 0 bridgehead atoms. The molecule has 5 heteroatoms. The van der Waals surface area contributed by atoms with E-state index in [1.54, 1.807) is 0 Å². The van der Waals surface area contributed by atoms with Crippen LogP contribution in [0.3, 0.4) is 0 Å². The predicted octanol–water partition coefficient (Wildman–Crippen LogP) is 2.14. The van der Waals surface area contributed by atoms with Crippen LogP contribution in [0.4, 0.5) is 0 Å². The average molecular weight is 253 g/mol. The first-order chi connectivity index (χ1) is 8.74. The van der Waals surface area contributed by atoms with Crippen LogP contribution < -0.4 is 5.73 Å². The van der Waals surface area contributed by atoms with Crippen LogP contribution in [-0.2, 0) is 0 Å². The Hall–Kier alpha value is -0.940. The second kappa shape index (κ2) is 6.29. The standard InChI is InChI=1S/C13H23N3O2/c1-2-3-9-4-6-10(7-5-9)12-15-13(18-16-12)11(14)8-17/h9-11,17H,2-8,14H2,1H3. The van der Waals surface area contributed by atoms with Gasteiger partial charge in [0.25, 0.3) is 0 Å². The van der Waals surface area contributed by atoms with Crippen LogP contribution >= 0.6 is 0 Å². The highest BCUT2D eigenvalue weighted by atomic mass is 16.5. The van der Waals surface area contributed by atoms with Crippen molar-refractivity contribution >= 4 is 0 Å². The van der Waals surface area contributed by atoms with Gasteiger partial charge in [-0.3, -0.25) is 0 Å². The third-order valence-electron chi connectivity index (χ3n) is 3.88. The van der Waals surface area contributed by atoms with E-state index >= 15 is 0 Å². The Morgan fingerprint density at radius 2 is 2.11 bits per heavy atom. The van der Waals surface area contributed by atoms with E-state index < -0.39 is 6.04 Å². The molecule has 0 spiro atoms. The Morgan fingerprint density at radius 3 is 2.72 bits per heavy atom. The molecular formula is C13H23N3O2. The second-order valence-electron chi connectivity index (χ2n) is 5.29. The van der Waals surface area contributed by atoms with Crippen LogP contribution in [0.5, 0.6) is 0 Å². The Kier molecular flexibility index (Phi) is 4.72. The zero-order valence-electron chi connectivity index (χ0n) is 11.0. The molecule has 18 heavy (non-hydrogen) atoms. The van der Waals surface area contributed by atoms with E-state index in [1.807, 2.05) is 0 Å². The molecule has 0 aliphatic heterocycles. The van der Waals surface area contributed by atoms with Gasteiger partial charge >= 0.3 is 0 Å². The summed E-state index contributed by atoms with van der Waals surface area (Å²) in [6, 6.07) is -0.553. The highest BCUT2D eigenvalue weighted by Gasteiger charge is 2.26. The van der Waals surface area contributed by atoms with Gasteiger partial charge in [-0.15, -0.1) is 0 Å². The van der Waals surface area contributed by atoms with Gasteiger partial charge in [0, 0.05) is 5.92 Å². The maximum absolute atomic E-state index is 8.95. The molecule has 1 aromatic rings. The zero-order valence-corrected chi connectivity index (χ0v) is 11.0. The smallest absolute Gasteiger partial charge is 0.245 e. The molecular weight excluding hydrogens is 230 g/mol. The minimum atomic E-state index is -0.553. The number of aliphatic hydroxyl groups excluding tert-OH is 1. The van der Waals surface area contributed by atoms with E-state index in [0.717, 1.165) is 24.6 Å². The fourth-order valence-electron chi connectivity index (χ4n) is 2.76. The van der Waals surface area contributed by atoms with Crippen LogP contribution in [0, 0.1) is 5.92 Å². The summed E-state index contributed by atoms with van der Waals surface area (Å²) in [6.07, 6.45) is 7.39. The number of rotatable bonds is 5. The third kappa shape index (κ3) is 3.09. The number of hydrogen-bond donors (Lipinski definition) is 2. The van der Waals surface area contributed by atoms with Gasteiger partial charge in [0.05, 0.1) is 6.61 Å². The lowest BCUT2D eigenvalue weighted by atomic mass is 9.80. The number of nitrogens with two attached hydrogens (primary N) is 1. The van der Waals surface area contributed by atoms with Crippen molar-refractivity contribution in [2.75, 3.05) is 6.61 Å². The second-order valence-corrected chi connectivity index (χ2v) is 5.29. The fourth-order valence-corrected chi connectivity index (χ4v) is 2.76. The summed E-state index contributed by atoms with van der Waals surface area (Å²) in [7, 11) is 0. The molecule has 1 heterocycles. The van der Waals surface area contributed by atoms with Crippen molar-refractivity contribution < 1.29 is 9.63 Å². The summed E-state index contributed by atoms with van der Waals surface area (Å²) in [4.78, 5) is 4.31. The van der Waals surface area contributed by atoms with Crippen molar-refractivity contribution in [1.29, 1.82) is 0 Å². The summed E-state index contributed by atoms with van der Waals surface area (Å²) in [6.45, 7) is 2.08. The van der Waals surface area contributed by atoms with Gasteiger partial charge in [-0.2, -0.15) is 4.98 Å². The topological polar surface area (TPSA) is 85.2 Å². The quantitative estimate of drug-likeness (QED) is 0.839. The molecule has 1 atom stereocenters. The van der Waals surface area contributed by atoms with Crippen LogP contribution in [0.25, 0.3) is 0 Å². The predicted molar refractivity (Wildman–Crippen MR) is 67.9 cm³/mol. The molecule has 3 N–H and O–H groups in total. The Balaban J connectivity index is 1.91. The van der Waals surface area contributed by atoms with Crippen LogP contribution in [0.2, 0.25) is 0 Å². The highest BCUT2D eigenvalue weighted by Crippen LogP contribution is 2.36. The van der Waals surface area contributed by atoms with Crippen LogP contribution in [-0.4, -0.2) is 21.9 Å². The van der Waals surface area contributed by atoms with Gasteiger partial charge in [-0.05, 0) is 31.6 Å². The van der Waals surface area contributed by atoms with Gasteiger partial charge in [0.1, 0.15) is 6.04 Å². The van der Waals surface area contributed by atoms with Crippen molar-refractivity contribution in [3.05, 3.63) is 11.7 Å². The van der Waals surface area contributed by atoms with Gasteiger partial charge in [0.2, 0.25) is 5.89 Å². The van der Waals surface area contributed by atoms with E-state index in [-0.39, 0.29) is 6.61 Å². The minimum Gasteiger partial charge on any atom is -0.394 e. The summed E-state index contributed by atoms with van der Waals surface area (Å²) >= 11 is 0. The molecule has 1 fully saturated rings. The van der Waals surface area contributed by atoms with Gasteiger partial charge in [-0.1, -0.05) is 24.9 Å². The lowest BCUT2D eigenvalue weighted by Crippen LogP contribution is -2.16. The number of aliphatic hydroxyl groups is 1. The minimum absolute atomic E-state index is 0.162. The van der Waals surface area contributed by atoms with Crippen molar-refractivity contribution in [1.82, 2.24) is 10.1 Å². The normalized spacial score (nSPS) is 26.2. The summed E-state index contributed by atoms with van der Waals surface area (Å²) < 4.78 is 5.10. The molecule has 0 saturated heterocycles. The molecule has 0 amide bonds. The van der Waals surface area contributed by atoms with Crippen molar-refractivity contribution in [3.63, 3.8) is 0 Å². The lowest BCUT2D eigenvalue weighted by Gasteiger charge is -2.26. The molecule has 2 rings (SSSR count).